The standard InChI is InChI=1S/C16H32O2.C12H22O11/c1-2-3-4-5-6-7-8-9-10-11-12-13-14-15-16(17)18;13-1-3-5(15)6(16)9(19)12(22-3)23-10-4(2-14)21-11(20)8(18)7(10)17/h2-15H2,1H3,(H,17,18);3-20H,1-2H2/p-1/t;3-,4-,5-,6+,7-,8-,9-,10-,11-,12+/m.1/s1. The molecule has 0 saturated carbocycles. The lowest BCUT2D eigenvalue weighted by atomic mass is 9.97. The molecule has 0 bridgehead atoms. The Kier molecular flexibility index (Phi) is 20.1. The van der Waals surface area contributed by atoms with Gasteiger partial charge >= 0.3 is 0 Å². The van der Waals surface area contributed by atoms with E-state index in [4.69, 9.17) is 19.3 Å². The van der Waals surface area contributed by atoms with Crippen LogP contribution in [0.3, 0.4) is 0 Å². The first-order valence-corrected chi connectivity index (χ1v) is 15.0. The first kappa shape index (κ1) is 38.1. The Balaban J connectivity index is 0.000000425. The summed E-state index contributed by atoms with van der Waals surface area (Å²) in [6, 6.07) is 0. The number of aliphatic carboxylic acids is 1. The monoisotopic (exact) mass is 597 g/mol. The Morgan fingerprint density at radius 3 is 1.59 bits per heavy atom. The molecule has 2 fully saturated rings. The lowest BCUT2D eigenvalue weighted by Crippen LogP contribution is -2.64. The van der Waals surface area contributed by atoms with Crippen LogP contribution in [0.2, 0.25) is 0 Å². The molecule has 2 saturated heterocycles. The third-order valence-electron chi connectivity index (χ3n) is 7.46. The van der Waals surface area contributed by atoms with Crippen LogP contribution in [0.1, 0.15) is 96.8 Å². The highest BCUT2D eigenvalue weighted by Gasteiger charge is 2.50. The van der Waals surface area contributed by atoms with Crippen LogP contribution >= 0.6 is 0 Å². The molecule has 0 aromatic heterocycles. The number of hydrogen-bond donors (Lipinski definition) is 8. The van der Waals surface area contributed by atoms with E-state index < -0.39 is 80.6 Å². The van der Waals surface area contributed by atoms with Crippen LogP contribution in [0, 0.1) is 0 Å². The summed E-state index contributed by atoms with van der Waals surface area (Å²) < 4.78 is 15.3. The third kappa shape index (κ3) is 13.9. The number of ether oxygens (including phenoxy) is 3. The van der Waals surface area contributed by atoms with Gasteiger partial charge in [0.25, 0.3) is 0 Å². The van der Waals surface area contributed by atoms with Crippen molar-refractivity contribution in [2.45, 2.75) is 158 Å². The van der Waals surface area contributed by atoms with Crippen LogP contribution in [0.15, 0.2) is 0 Å². The molecular weight excluding hydrogens is 544 g/mol. The summed E-state index contributed by atoms with van der Waals surface area (Å²) in [6.07, 6.45) is 1.37. The number of carbonyl (C=O) groups excluding carboxylic acids is 1. The molecule has 244 valence electrons. The molecule has 0 aliphatic carbocycles. The maximum atomic E-state index is 10.2. The minimum Gasteiger partial charge on any atom is -0.550 e. The van der Waals surface area contributed by atoms with Gasteiger partial charge in [-0.25, -0.2) is 0 Å². The fourth-order valence-electron chi connectivity index (χ4n) is 4.86. The summed E-state index contributed by atoms with van der Waals surface area (Å²) >= 11 is 0. The minimum absolute atomic E-state index is 0.234. The fourth-order valence-corrected chi connectivity index (χ4v) is 4.86. The molecule has 0 spiro atoms. The van der Waals surface area contributed by atoms with Crippen LogP contribution in [-0.2, 0) is 19.0 Å². The van der Waals surface area contributed by atoms with Crippen LogP contribution < -0.4 is 5.11 Å². The lowest BCUT2D eigenvalue weighted by molar-refractivity contribution is -0.355. The number of hydrogen-bond acceptors (Lipinski definition) is 13. The summed E-state index contributed by atoms with van der Waals surface area (Å²) in [4.78, 5) is 10.2. The minimum atomic E-state index is -1.74. The number of rotatable bonds is 18. The maximum absolute atomic E-state index is 10.2. The van der Waals surface area contributed by atoms with Gasteiger partial charge in [0.05, 0.1) is 13.2 Å². The van der Waals surface area contributed by atoms with Crippen LogP contribution in [0.4, 0.5) is 0 Å². The number of unbranched alkanes of at least 4 members (excludes halogenated alkanes) is 12. The second-order valence-electron chi connectivity index (χ2n) is 10.9. The van der Waals surface area contributed by atoms with Crippen LogP contribution in [0.25, 0.3) is 0 Å². The summed E-state index contributed by atoms with van der Waals surface area (Å²) in [6.45, 7) is 0.912. The van der Waals surface area contributed by atoms with E-state index in [1.54, 1.807) is 0 Å². The number of carbonyl (C=O) groups is 1. The molecule has 10 atom stereocenters. The molecule has 0 aromatic carbocycles. The van der Waals surface area contributed by atoms with Gasteiger partial charge in [-0.1, -0.05) is 84.0 Å². The molecule has 0 amide bonds. The summed E-state index contributed by atoms with van der Waals surface area (Å²) in [5, 5.41) is 86.7. The van der Waals surface area contributed by atoms with Crippen molar-refractivity contribution in [2.24, 2.45) is 0 Å². The van der Waals surface area contributed by atoms with E-state index in [0.717, 1.165) is 12.8 Å². The van der Waals surface area contributed by atoms with Crippen molar-refractivity contribution < 1.29 is 65.0 Å². The van der Waals surface area contributed by atoms with E-state index in [2.05, 4.69) is 6.92 Å². The van der Waals surface area contributed by atoms with Gasteiger partial charge in [0.1, 0.15) is 48.8 Å². The van der Waals surface area contributed by atoms with Gasteiger partial charge in [-0.15, -0.1) is 0 Å². The predicted molar refractivity (Wildman–Crippen MR) is 144 cm³/mol. The van der Waals surface area contributed by atoms with E-state index in [-0.39, 0.29) is 6.42 Å². The molecule has 2 rings (SSSR count). The number of aliphatic hydroxyl groups excluding tert-OH is 8. The van der Waals surface area contributed by atoms with E-state index in [1.807, 2.05) is 0 Å². The van der Waals surface area contributed by atoms with Gasteiger partial charge in [0.2, 0.25) is 0 Å². The molecule has 41 heavy (non-hydrogen) atoms. The highest BCUT2D eigenvalue weighted by molar-refractivity contribution is 5.64. The van der Waals surface area contributed by atoms with Crippen LogP contribution in [-0.4, -0.2) is 121 Å². The van der Waals surface area contributed by atoms with Crippen molar-refractivity contribution in [1.82, 2.24) is 0 Å². The van der Waals surface area contributed by atoms with Gasteiger partial charge in [-0.2, -0.15) is 0 Å². The molecule has 8 N–H and O–H groups in total. The Labute approximate surface area is 242 Å². The van der Waals surface area contributed by atoms with Crippen molar-refractivity contribution in [2.75, 3.05) is 13.2 Å². The normalized spacial score (nSPS) is 33.7. The zero-order chi connectivity index (χ0) is 30.8. The SMILES string of the molecule is CCCCCCCCCCCCCCCC(=O)[O-].OC[C@H]1O[C@@H](O[C@H]2[C@H](O)[C@@H](O)[C@H](O)O[C@@H]2CO)[C@H](O)[C@@H](O)[C@@H]1O. The molecule has 13 heteroatoms. The topological polar surface area (TPSA) is 230 Å². The smallest absolute Gasteiger partial charge is 0.187 e. The van der Waals surface area contributed by atoms with Gasteiger partial charge in [0, 0.05) is 5.97 Å². The Morgan fingerprint density at radius 2 is 1.12 bits per heavy atom. The van der Waals surface area contributed by atoms with Crippen molar-refractivity contribution in [3.8, 4) is 0 Å². The summed E-state index contributed by atoms with van der Waals surface area (Å²) in [5.74, 6) is -0.905. The van der Waals surface area contributed by atoms with E-state index in [1.165, 1.54) is 70.6 Å². The second kappa shape index (κ2) is 21.7. The Bertz CT molecular complexity index is 665. The Morgan fingerprint density at radius 1 is 0.634 bits per heavy atom. The quantitative estimate of drug-likeness (QED) is 0.0871. The molecule has 2 aliphatic heterocycles. The van der Waals surface area contributed by atoms with Gasteiger partial charge in [0.15, 0.2) is 12.6 Å². The zero-order valence-corrected chi connectivity index (χ0v) is 24.2. The van der Waals surface area contributed by atoms with Crippen molar-refractivity contribution in [3.63, 3.8) is 0 Å². The number of carboxylic acid groups (broad SMARTS) is 1. The van der Waals surface area contributed by atoms with Gasteiger partial charge in [-0.3, -0.25) is 0 Å². The first-order chi connectivity index (χ1) is 19.6. The molecule has 0 aromatic rings. The van der Waals surface area contributed by atoms with Crippen molar-refractivity contribution in [1.29, 1.82) is 0 Å². The lowest BCUT2D eigenvalue weighted by Gasteiger charge is -2.45. The molecule has 0 radical (unpaired) electrons. The zero-order valence-electron chi connectivity index (χ0n) is 24.2. The molecule has 2 heterocycles. The number of carboxylic acids is 1. The highest BCUT2D eigenvalue weighted by atomic mass is 16.7. The van der Waals surface area contributed by atoms with Gasteiger partial charge in [-0.05, 0) is 12.8 Å². The third-order valence-corrected chi connectivity index (χ3v) is 7.46. The average molecular weight is 598 g/mol. The van der Waals surface area contributed by atoms with E-state index in [0.29, 0.717) is 0 Å². The fraction of sp³-hybridized carbons (Fsp3) is 0.964. The van der Waals surface area contributed by atoms with Gasteiger partial charge < -0.3 is 65.0 Å². The largest absolute Gasteiger partial charge is 0.550 e. The molecule has 2 aliphatic rings. The Hall–Kier alpha value is -0.970. The average Bonchev–Trinajstić information content (AvgIpc) is 2.95. The van der Waals surface area contributed by atoms with E-state index in [9.17, 15) is 45.6 Å². The molecule has 13 nitrogen and oxygen atoms in total. The van der Waals surface area contributed by atoms with Crippen molar-refractivity contribution >= 4 is 5.97 Å². The van der Waals surface area contributed by atoms with E-state index >= 15 is 0 Å². The summed E-state index contributed by atoms with van der Waals surface area (Å²) in [5.41, 5.74) is 0. The molecular formula is C28H53O13-. The second-order valence-corrected chi connectivity index (χ2v) is 10.9. The highest BCUT2D eigenvalue weighted by Crippen LogP contribution is 2.28. The first-order valence-electron chi connectivity index (χ1n) is 15.0. The molecule has 0 unspecified atom stereocenters. The maximum Gasteiger partial charge on any atom is 0.187 e. The van der Waals surface area contributed by atoms with Crippen molar-refractivity contribution in [3.05, 3.63) is 0 Å². The number of aliphatic hydroxyl groups is 8. The predicted octanol–water partition coefficient (Wildman–Crippen LogP) is -1.18. The summed E-state index contributed by atoms with van der Waals surface area (Å²) in [7, 11) is 0. The van der Waals surface area contributed by atoms with Crippen LogP contribution in [0.5, 0.6) is 0 Å².